The van der Waals surface area contributed by atoms with Crippen LogP contribution in [0.25, 0.3) is 0 Å². The van der Waals surface area contributed by atoms with Crippen LogP contribution in [0.15, 0.2) is 23.0 Å². The molecule has 0 aromatic rings. The Morgan fingerprint density at radius 2 is 0.571 bits per heavy atom. The molecule has 0 radical (unpaired) electrons. The van der Waals surface area contributed by atoms with Gasteiger partial charge in [-0.25, -0.2) is 16.8 Å². The number of hydrogen-bond acceptors (Lipinski definition) is 6. The van der Waals surface area contributed by atoms with Gasteiger partial charge in [-0.15, -0.1) is 0 Å². The molecule has 0 saturated carbocycles. The van der Waals surface area contributed by atoms with E-state index >= 15 is 0 Å². The largest absolute Gasteiger partial charge is 1.00 e. The smallest absolute Gasteiger partial charge is 0.744 e. The summed E-state index contributed by atoms with van der Waals surface area (Å²) in [5, 5.41) is 1.54. The summed E-state index contributed by atoms with van der Waals surface area (Å²) >= 11 is 0. The van der Waals surface area contributed by atoms with Crippen molar-refractivity contribution in [2.24, 2.45) is 0 Å². The zero-order chi connectivity index (χ0) is 30.2. The van der Waals surface area contributed by atoms with Crippen LogP contribution in [-0.2, 0) is 20.2 Å². The van der Waals surface area contributed by atoms with E-state index in [0.29, 0.717) is 12.8 Å². The third-order valence-corrected chi connectivity index (χ3v) is 8.03. The van der Waals surface area contributed by atoms with Crippen molar-refractivity contribution in [2.75, 3.05) is 0 Å². The Labute approximate surface area is 306 Å². The Bertz CT molecular complexity index is 719. The summed E-state index contributed by atoms with van der Waals surface area (Å²) < 4.78 is 61.8. The summed E-state index contributed by atoms with van der Waals surface area (Å²) in [5.41, 5.74) is 0. The number of unbranched alkanes of at least 4 members (excludes halogenated alkanes) is 24. The van der Waals surface area contributed by atoms with Crippen molar-refractivity contribution in [1.29, 1.82) is 0 Å². The molecule has 0 aromatic carbocycles. The molecular formula is C32H62Na2O6S2. The van der Waals surface area contributed by atoms with Gasteiger partial charge >= 0.3 is 59.1 Å². The number of rotatable bonds is 28. The average molecular weight is 653 g/mol. The van der Waals surface area contributed by atoms with Crippen molar-refractivity contribution in [2.45, 2.75) is 181 Å². The molecule has 0 N–H and O–H groups in total. The summed E-state index contributed by atoms with van der Waals surface area (Å²) in [5.74, 6) is 0. The maximum atomic E-state index is 10.3. The molecule has 240 valence electrons. The van der Waals surface area contributed by atoms with Gasteiger partial charge in [-0.3, -0.25) is 0 Å². The van der Waals surface area contributed by atoms with E-state index in [0.717, 1.165) is 36.5 Å². The van der Waals surface area contributed by atoms with Crippen molar-refractivity contribution < 1.29 is 85.1 Å². The molecule has 10 heteroatoms. The van der Waals surface area contributed by atoms with Crippen molar-refractivity contribution in [3.8, 4) is 0 Å². The first-order valence-electron chi connectivity index (χ1n) is 16.4. The molecule has 0 unspecified atom stereocenters. The minimum absolute atomic E-state index is 0. The Morgan fingerprint density at radius 3 is 0.762 bits per heavy atom. The van der Waals surface area contributed by atoms with Gasteiger partial charge in [-0.1, -0.05) is 167 Å². The molecule has 0 saturated heterocycles. The Kier molecular flexibility index (Phi) is 46.0. The molecule has 0 aromatic heterocycles. The average Bonchev–Trinajstić information content (AvgIpc) is 2.88. The van der Waals surface area contributed by atoms with Gasteiger partial charge in [0, 0.05) is 10.8 Å². The summed E-state index contributed by atoms with van der Waals surface area (Å²) in [6.45, 7) is 4.49. The fourth-order valence-corrected chi connectivity index (χ4v) is 5.32. The zero-order valence-corrected chi connectivity index (χ0v) is 33.6. The minimum atomic E-state index is -4.17. The van der Waals surface area contributed by atoms with Crippen molar-refractivity contribution in [3.63, 3.8) is 0 Å². The quantitative estimate of drug-likeness (QED) is 0.0708. The topological polar surface area (TPSA) is 114 Å². The second kappa shape index (κ2) is 38.5. The van der Waals surface area contributed by atoms with E-state index in [1.54, 1.807) is 0 Å². The van der Waals surface area contributed by atoms with E-state index in [2.05, 4.69) is 13.8 Å². The Morgan fingerprint density at radius 1 is 0.381 bits per heavy atom. The van der Waals surface area contributed by atoms with Crippen molar-refractivity contribution >= 4 is 20.2 Å². The standard InChI is InChI=1S/2C16H32O3S.2Na/c2*1-2-3-4-5-6-7-8-9-10-11-12-13-14-15-16-20(17,18)19;;/h2*15-16H,2-14H2,1H3,(H,17,18,19);;/q;;2*+1/p-2. The molecular weight excluding hydrogens is 590 g/mol. The van der Waals surface area contributed by atoms with Crippen LogP contribution in [0.3, 0.4) is 0 Å². The third-order valence-electron chi connectivity index (χ3n) is 6.97. The van der Waals surface area contributed by atoms with E-state index < -0.39 is 20.2 Å². The van der Waals surface area contributed by atoms with Crippen LogP contribution in [0.2, 0.25) is 0 Å². The first-order chi connectivity index (χ1) is 19.1. The molecule has 6 nitrogen and oxygen atoms in total. The van der Waals surface area contributed by atoms with Gasteiger partial charge in [0.1, 0.15) is 20.2 Å². The van der Waals surface area contributed by atoms with Crippen molar-refractivity contribution in [1.82, 2.24) is 0 Å². The van der Waals surface area contributed by atoms with Gasteiger partial charge in [0.15, 0.2) is 0 Å². The SMILES string of the molecule is CCCCCCCCCCCCCCC=CS(=O)(=O)[O-].CCCCCCCCCCCCCCC=CS(=O)(=O)[O-].[Na+].[Na+]. The van der Waals surface area contributed by atoms with Gasteiger partial charge in [-0.2, -0.15) is 0 Å². The van der Waals surface area contributed by atoms with Gasteiger partial charge in [0.05, 0.1) is 0 Å². The van der Waals surface area contributed by atoms with Crippen molar-refractivity contribution in [3.05, 3.63) is 23.0 Å². The first kappa shape index (κ1) is 50.2. The molecule has 42 heavy (non-hydrogen) atoms. The van der Waals surface area contributed by atoms with E-state index in [1.807, 2.05) is 0 Å². The van der Waals surface area contributed by atoms with Crippen LogP contribution in [0.1, 0.15) is 181 Å². The Hall–Kier alpha value is 1.30. The minimum Gasteiger partial charge on any atom is -0.744 e. The summed E-state index contributed by atoms with van der Waals surface area (Å²) in [6, 6.07) is 0. The number of allylic oxidation sites excluding steroid dienone is 2. The summed E-state index contributed by atoms with van der Waals surface area (Å²) in [7, 11) is -8.34. The normalized spacial score (nSPS) is 11.7. The molecule has 0 aliphatic carbocycles. The molecule has 0 amide bonds. The van der Waals surface area contributed by atoms with Crippen LogP contribution in [-0.4, -0.2) is 25.9 Å². The zero-order valence-electron chi connectivity index (χ0n) is 28.0. The van der Waals surface area contributed by atoms with Gasteiger partial charge in [0.25, 0.3) is 0 Å². The van der Waals surface area contributed by atoms with Gasteiger partial charge in [-0.05, 0) is 25.7 Å². The summed E-state index contributed by atoms with van der Waals surface area (Å²) in [6.07, 6.45) is 35.3. The maximum absolute atomic E-state index is 10.3. The Balaban J connectivity index is -0.000000328. The molecule has 0 aliphatic heterocycles. The molecule has 0 spiro atoms. The second-order valence-corrected chi connectivity index (χ2v) is 13.6. The third kappa shape index (κ3) is 53.8. The molecule has 0 heterocycles. The van der Waals surface area contributed by atoms with E-state index in [4.69, 9.17) is 0 Å². The molecule has 0 fully saturated rings. The molecule has 0 bridgehead atoms. The van der Waals surface area contributed by atoms with Crippen LogP contribution in [0.4, 0.5) is 0 Å². The molecule has 0 aliphatic rings. The van der Waals surface area contributed by atoms with Crippen LogP contribution in [0.5, 0.6) is 0 Å². The maximum Gasteiger partial charge on any atom is 1.00 e. The summed E-state index contributed by atoms with van der Waals surface area (Å²) in [4.78, 5) is 0. The fourth-order valence-electron chi connectivity index (χ4n) is 4.58. The molecule has 0 rings (SSSR count). The molecule has 0 atom stereocenters. The second-order valence-electron chi connectivity index (χ2n) is 11.1. The predicted octanol–water partition coefficient (Wildman–Crippen LogP) is 4.28. The fraction of sp³-hybridized carbons (Fsp3) is 0.875. The van der Waals surface area contributed by atoms with Crippen LogP contribution in [0, 0.1) is 0 Å². The van der Waals surface area contributed by atoms with Gasteiger partial charge in [0.2, 0.25) is 0 Å². The van der Waals surface area contributed by atoms with Gasteiger partial charge < -0.3 is 9.11 Å². The van der Waals surface area contributed by atoms with E-state index in [1.165, 1.54) is 141 Å². The van der Waals surface area contributed by atoms with E-state index in [-0.39, 0.29) is 59.1 Å². The van der Waals surface area contributed by atoms with Crippen LogP contribution < -0.4 is 59.1 Å². The van der Waals surface area contributed by atoms with E-state index in [9.17, 15) is 25.9 Å². The first-order valence-corrected chi connectivity index (χ1v) is 19.3. The monoisotopic (exact) mass is 652 g/mol. The van der Waals surface area contributed by atoms with Crippen LogP contribution >= 0.6 is 0 Å². The predicted molar refractivity (Wildman–Crippen MR) is 169 cm³/mol. The number of hydrogen-bond donors (Lipinski definition) is 0.